The van der Waals surface area contributed by atoms with Crippen LogP contribution in [0.2, 0.25) is 0 Å². The first kappa shape index (κ1) is 13.6. The zero-order valence-corrected chi connectivity index (χ0v) is 9.85. The molecule has 0 fully saturated rings. The Hall–Kier alpha value is -2.82. The number of hydrogen-bond donors (Lipinski definition) is 1. The van der Waals surface area contributed by atoms with E-state index in [-0.39, 0.29) is 22.9 Å². The second-order valence-electron chi connectivity index (χ2n) is 3.71. The van der Waals surface area contributed by atoms with Crippen LogP contribution in [0, 0.1) is 11.3 Å². The van der Waals surface area contributed by atoms with Gasteiger partial charge in [0.15, 0.2) is 5.75 Å². The van der Waals surface area contributed by atoms with E-state index >= 15 is 0 Å². The van der Waals surface area contributed by atoms with Crippen molar-refractivity contribution in [3.8, 4) is 17.7 Å². The van der Waals surface area contributed by atoms with Crippen molar-refractivity contribution in [2.24, 2.45) is 0 Å². The molecule has 2 aromatic rings. The number of aromatic nitrogens is 2. The Kier molecular flexibility index (Phi) is 3.43. The molecule has 0 saturated heterocycles. The molecule has 102 valence electrons. The normalized spacial score (nSPS) is 10.9. The van der Waals surface area contributed by atoms with Gasteiger partial charge in [-0.2, -0.15) is 23.5 Å². The van der Waals surface area contributed by atoms with Crippen LogP contribution in [0.3, 0.4) is 0 Å². The quantitative estimate of drug-likeness (QED) is 0.855. The second-order valence-corrected chi connectivity index (χ2v) is 3.71. The SMILES string of the molecule is N#Cc1ccnnc1Oc1ccc(C(F)(F)F)cc1N. The number of nitriles is 1. The summed E-state index contributed by atoms with van der Waals surface area (Å²) in [6.45, 7) is 0. The van der Waals surface area contributed by atoms with Crippen molar-refractivity contribution in [2.45, 2.75) is 6.18 Å². The Bertz CT molecular complexity index is 679. The smallest absolute Gasteiger partial charge is 0.416 e. The van der Waals surface area contributed by atoms with Crippen LogP contribution in [0.15, 0.2) is 30.5 Å². The van der Waals surface area contributed by atoms with Crippen molar-refractivity contribution in [1.29, 1.82) is 5.26 Å². The Balaban J connectivity index is 2.34. The van der Waals surface area contributed by atoms with Crippen LogP contribution in [0.25, 0.3) is 0 Å². The standard InChI is InChI=1S/C12H7F3N4O/c13-12(14,15)8-1-2-10(9(17)5-8)20-11-7(6-16)3-4-18-19-11/h1-5H,17H2. The molecule has 0 spiro atoms. The van der Waals surface area contributed by atoms with E-state index in [1.807, 2.05) is 6.07 Å². The number of nitrogen functional groups attached to an aromatic ring is 1. The number of hydrogen-bond acceptors (Lipinski definition) is 5. The zero-order chi connectivity index (χ0) is 14.8. The maximum atomic E-state index is 12.5. The lowest BCUT2D eigenvalue weighted by molar-refractivity contribution is -0.137. The van der Waals surface area contributed by atoms with Crippen LogP contribution in [0.1, 0.15) is 11.1 Å². The van der Waals surface area contributed by atoms with Gasteiger partial charge in [0, 0.05) is 0 Å². The first-order valence-electron chi connectivity index (χ1n) is 5.28. The Morgan fingerprint density at radius 1 is 1.25 bits per heavy atom. The Morgan fingerprint density at radius 2 is 2.00 bits per heavy atom. The van der Waals surface area contributed by atoms with E-state index < -0.39 is 11.7 Å². The van der Waals surface area contributed by atoms with Gasteiger partial charge >= 0.3 is 6.18 Å². The van der Waals surface area contributed by atoms with Crippen molar-refractivity contribution in [3.63, 3.8) is 0 Å². The van der Waals surface area contributed by atoms with Crippen molar-refractivity contribution in [3.05, 3.63) is 41.6 Å². The zero-order valence-electron chi connectivity index (χ0n) is 9.85. The summed E-state index contributed by atoms with van der Waals surface area (Å²) in [5.74, 6) is -0.156. The number of ether oxygens (including phenoxy) is 1. The van der Waals surface area contributed by atoms with Crippen LogP contribution in [-0.2, 0) is 6.18 Å². The van der Waals surface area contributed by atoms with Crippen LogP contribution in [0.5, 0.6) is 11.6 Å². The number of anilines is 1. The monoisotopic (exact) mass is 280 g/mol. The van der Waals surface area contributed by atoms with Gasteiger partial charge in [0.05, 0.1) is 17.4 Å². The summed E-state index contributed by atoms with van der Waals surface area (Å²) in [5, 5.41) is 16.0. The third-order valence-corrected chi connectivity index (χ3v) is 2.35. The van der Waals surface area contributed by atoms with Gasteiger partial charge in [0.25, 0.3) is 5.88 Å². The largest absolute Gasteiger partial charge is 0.434 e. The third-order valence-electron chi connectivity index (χ3n) is 2.35. The van der Waals surface area contributed by atoms with Crippen LogP contribution in [-0.4, -0.2) is 10.2 Å². The second kappa shape index (κ2) is 5.05. The highest BCUT2D eigenvalue weighted by molar-refractivity contribution is 5.56. The van der Waals surface area contributed by atoms with Gasteiger partial charge in [0.1, 0.15) is 11.6 Å². The highest BCUT2D eigenvalue weighted by atomic mass is 19.4. The molecule has 2 rings (SSSR count). The maximum absolute atomic E-state index is 12.5. The van der Waals surface area contributed by atoms with Gasteiger partial charge in [-0.05, 0) is 24.3 Å². The van der Waals surface area contributed by atoms with Crippen molar-refractivity contribution in [1.82, 2.24) is 10.2 Å². The molecule has 0 aliphatic rings. The van der Waals surface area contributed by atoms with Crippen molar-refractivity contribution >= 4 is 5.69 Å². The lowest BCUT2D eigenvalue weighted by Crippen LogP contribution is -2.06. The molecule has 5 nitrogen and oxygen atoms in total. The van der Waals surface area contributed by atoms with Gasteiger partial charge in [-0.25, -0.2) is 0 Å². The number of alkyl halides is 3. The maximum Gasteiger partial charge on any atom is 0.416 e. The first-order valence-corrected chi connectivity index (χ1v) is 5.28. The molecule has 0 saturated carbocycles. The third kappa shape index (κ3) is 2.77. The minimum Gasteiger partial charge on any atom is -0.434 e. The average Bonchev–Trinajstić information content (AvgIpc) is 2.40. The summed E-state index contributed by atoms with van der Waals surface area (Å²) in [4.78, 5) is 0. The number of nitrogens with zero attached hydrogens (tertiary/aromatic N) is 3. The fourth-order valence-corrected chi connectivity index (χ4v) is 1.40. The fraction of sp³-hybridized carbons (Fsp3) is 0.0833. The highest BCUT2D eigenvalue weighted by Crippen LogP contribution is 2.35. The average molecular weight is 280 g/mol. The van der Waals surface area contributed by atoms with Crippen molar-refractivity contribution < 1.29 is 17.9 Å². The molecule has 2 N–H and O–H groups in total. The Labute approximate surface area is 111 Å². The number of benzene rings is 1. The Morgan fingerprint density at radius 3 is 2.60 bits per heavy atom. The first-order chi connectivity index (χ1) is 9.41. The molecule has 0 atom stereocenters. The summed E-state index contributed by atoms with van der Waals surface area (Å²) >= 11 is 0. The van der Waals surface area contributed by atoms with E-state index in [2.05, 4.69) is 10.2 Å². The van der Waals surface area contributed by atoms with Gasteiger partial charge in [-0.1, -0.05) is 0 Å². The van der Waals surface area contributed by atoms with Gasteiger partial charge in [0.2, 0.25) is 0 Å². The number of rotatable bonds is 2. The summed E-state index contributed by atoms with van der Waals surface area (Å²) in [5.41, 5.74) is 4.50. The molecule has 0 unspecified atom stereocenters. The lowest BCUT2D eigenvalue weighted by atomic mass is 10.2. The van der Waals surface area contributed by atoms with E-state index in [9.17, 15) is 13.2 Å². The van der Waals surface area contributed by atoms with Gasteiger partial charge < -0.3 is 10.5 Å². The molecule has 0 aliphatic heterocycles. The van der Waals surface area contributed by atoms with Gasteiger partial charge in [-0.3, -0.25) is 0 Å². The summed E-state index contributed by atoms with van der Waals surface area (Å²) in [6.07, 6.45) is -3.20. The number of nitrogens with two attached hydrogens (primary N) is 1. The molecule has 0 amide bonds. The predicted octanol–water partition coefficient (Wildman–Crippen LogP) is 2.74. The molecular formula is C12H7F3N4O. The summed E-state index contributed by atoms with van der Waals surface area (Å²) in [6, 6.07) is 5.83. The molecule has 1 aromatic heterocycles. The van der Waals surface area contributed by atoms with E-state index in [1.54, 1.807) is 0 Å². The summed E-state index contributed by atoms with van der Waals surface area (Å²) < 4.78 is 42.7. The minimum absolute atomic E-state index is 0.0324. The van der Waals surface area contributed by atoms with Crippen LogP contribution >= 0.6 is 0 Å². The molecule has 0 radical (unpaired) electrons. The molecular weight excluding hydrogens is 273 g/mol. The predicted molar refractivity (Wildman–Crippen MR) is 62.7 cm³/mol. The van der Waals surface area contributed by atoms with E-state index in [0.29, 0.717) is 0 Å². The molecule has 8 heteroatoms. The molecule has 0 aliphatic carbocycles. The van der Waals surface area contributed by atoms with Crippen LogP contribution in [0.4, 0.5) is 18.9 Å². The molecule has 0 bridgehead atoms. The topological polar surface area (TPSA) is 84.8 Å². The van der Waals surface area contributed by atoms with E-state index in [0.717, 1.165) is 18.2 Å². The van der Waals surface area contributed by atoms with E-state index in [1.165, 1.54) is 12.3 Å². The minimum atomic E-state index is -4.49. The fourth-order valence-electron chi connectivity index (χ4n) is 1.40. The molecule has 1 aromatic carbocycles. The lowest BCUT2D eigenvalue weighted by Gasteiger charge is -2.11. The molecule has 20 heavy (non-hydrogen) atoms. The summed E-state index contributed by atoms with van der Waals surface area (Å²) in [7, 11) is 0. The highest BCUT2D eigenvalue weighted by Gasteiger charge is 2.31. The van der Waals surface area contributed by atoms with Crippen molar-refractivity contribution in [2.75, 3.05) is 5.73 Å². The van der Waals surface area contributed by atoms with E-state index in [4.69, 9.17) is 15.7 Å². The molecule has 1 heterocycles. The van der Waals surface area contributed by atoms with Crippen LogP contribution < -0.4 is 10.5 Å². The number of halogens is 3. The van der Waals surface area contributed by atoms with Gasteiger partial charge in [-0.15, -0.1) is 5.10 Å².